The molecule has 0 radical (unpaired) electrons. The Morgan fingerprint density at radius 2 is 2.32 bits per heavy atom. The van der Waals surface area contributed by atoms with Gasteiger partial charge in [-0.1, -0.05) is 6.92 Å². The molecule has 0 spiro atoms. The Hall–Kier alpha value is -1.29. The third-order valence-electron chi connectivity index (χ3n) is 4.11. The number of aromatic nitrogens is 3. The maximum Gasteiger partial charge on any atom is 0.193 e. The van der Waals surface area contributed by atoms with Crippen LogP contribution in [0.2, 0.25) is 0 Å². The van der Waals surface area contributed by atoms with Gasteiger partial charge in [-0.05, 0) is 30.2 Å². The Morgan fingerprint density at radius 1 is 1.44 bits per heavy atom. The van der Waals surface area contributed by atoms with E-state index < -0.39 is 0 Å². The number of rotatable bonds is 4. The lowest BCUT2D eigenvalue weighted by Crippen LogP contribution is -2.47. The third-order valence-corrected chi connectivity index (χ3v) is 5.48. The van der Waals surface area contributed by atoms with E-state index in [1.165, 1.54) is 6.42 Å². The largest absolute Gasteiger partial charge is 0.352 e. The van der Waals surface area contributed by atoms with E-state index in [4.69, 9.17) is 0 Å². The topological polar surface area (TPSA) is 58.3 Å². The van der Waals surface area contributed by atoms with Crippen molar-refractivity contribution < 1.29 is 0 Å². The van der Waals surface area contributed by atoms with Crippen LogP contribution in [0, 0.1) is 0 Å². The number of nitrogens with zero attached hydrogens (tertiary/aromatic N) is 5. The first-order valence-corrected chi connectivity index (χ1v) is 9.37. The van der Waals surface area contributed by atoms with Crippen LogP contribution in [0.1, 0.15) is 18.9 Å². The lowest BCUT2D eigenvalue weighted by Gasteiger charge is -2.34. The average molecular weight is 472 g/mol. The molecule has 2 aromatic rings. The van der Waals surface area contributed by atoms with E-state index in [1.54, 1.807) is 10.9 Å². The Bertz CT molecular complexity index is 676. The van der Waals surface area contributed by atoms with Gasteiger partial charge in [0.2, 0.25) is 0 Å². The van der Waals surface area contributed by atoms with Crippen molar-refractivity contribution in [3.63, 3.8) is 0 Å². The zero-order valence-corrected chi connectivity index (χ0v) is 17.8. The molecule has 0 amide bonds. The molecule has 1 atom stereocenters. The molecule has 8 heteroatoms. The molecule has 136 valence electrons. The maximum absolute atomic E-state index is 4.46. The van der Waals surface area contributed by atoms with Crippen LogP contribution in [0.4, 0.5) is 0 Å². The third kappa shape index (κ3) is 5.34. The molecular formula is C17H25IN6S. The van der Waals surface area contributed by atoms with Gasteiger partial charge in [-0.25, -0.2) is 9.67 Å². The van der Waals surface area contributed by atoms with Gasteiger partial charge in [0.1, 0.15) is 0 Å². The number of guanidine groups is 1. The van der Waals surface area contributed by atoms with Gasteiger partial charge in [-0.15, -0.1) is 24.0 Å². The molecule has 0 saturated carbocycles. The number of hydrogen-bond acceptors (Lipinski definition) is 4. The first-order chi connectivity index (χ1) is 11.8. The van der Waals surface area contributed by atoms with Crippen LogP contribution < -0.4 is 5.32 Å². The highest BCUT2D eigenvalue weighted by atomic mass is 127. The highest BCUT2D eigenvalue weighted by molar-refractivity contribution is 14.0. The summed E-state index contributed by atoms with van der Waals surface area (Å²) in [5, 5.41) is 8.41. The molecule has 0 aromatic carbocycles. The van der Waals surface area contributed by atoms with Gasteiger partial charge in [0, 0.05) is 56.3 Å². The molecule has 1 fully saturated rings. The predicted octanol–water partition coefficient (Wildman–Crippen LogP) is 2.79. The minimum Gasteiger partial charge on any atom is -0.352 e. The van der Waals surface area contributed by atoms with E-state index in [2.05, 4.69) is 44.0 Å². The summed E-state index contributed by atoms with van der Waals surface area (Å²) in [6, 6.07) is 5.97. The summed E-state index contributed by atoms with van der Waals surface area (Å²) in [5.74, 6) is 2.97. The molecule has 3 heterocycles. The second-order valence-electron chi connectivity index (χ2n) is 5.72. The zero-order valence-electron chi connectivity index (χ0n) is 14.6. The van der Waals surface area contributed by atoms with Crippen molar-refractivity contribution in [1.29, 1.82) is 0 Å². The molecule has 1 unspecified atom stereocenters. The van der Waals surface area contributed by atoms with Crippen LogP contribution in [0.15, 0.2) is 41.8 Å². The monoisotopic (exact) mass is 472 g/mol. The van der Waals surface area contributed by atoms with Gasteiger partial charge in [0.25, 0.3) is 0 Å². The van der Waals surface area contributed by atoms with Gasteiger partial charge in [0.05, 0.1) is 0 Å². The summed E-state index contributed by atoms with van der Waals surface area (Å²) in [5.41, 5.74) is 1.16. The van der Waals surface area contributed by atoms with Crippen molar-refractivity contribution >= 4 is 41.7 Å². The molecule has 3 rings (SSSR count). The van der Waals surface area contributed by atoms with Crippen molar-refractivity contribution in [2.24, 2.45) is 4.99 Å². The van der Waals surface area contributed by atoms with Crippen LogP contribution in [0.25, 0.3) is 5.82 Å². The first-order valence-electron chi connectivity index (χ1n) is 8.32. The number of nitrogens with one attached hydrogen (secondary N) is 1. The summed E-state index contributed by atoms with van der Waals surface area (Å²) >= 11 is 2.07. The van der Waals surface area contributed by atoms with Crippen LogP contribution in [-0.4, -0.2) is 56.8 Å². The molecule has 1 N–H and O–H groups in total. The predicted molar refractivity (Wildman–Crippen MR) is 115 cm³/mol. The van der Waals surface area contributed by atoms with Crippen molar-refractivity contribution in [3.8, 4) is 5.82 Å². The fraction of sp³-hybridized carbons (Fsp3) is 0.471. The Labute approximate surface area is 170 Å². The van der Waals surface area contributed by atoms with E-state index >= 15 is 0 Å². The van der Waals surface area contributed by atoms with Crippen molar-refractivity contribution in [2.45, 2.75) is 25.1 Å². The van der Waals surface area contributed by atoms with Gasteiger partial charge < -0.3 is 10.2 Å². The minimum absolute atomic E-state index is 0. The fourth-order valence-corrected chi connectivity index (χ4v) is 3.95. The second-order valence-corrected chi connectivity index (χ2v) is 7.13. The lowest BCUT2D eigenvalue weighted by atomic mass is 10.2. The Morgan fingerprint density at radius 3 is 3.04 bits per heavy atom. The molecule has 25 heavy (non-hydrogen) atoms. The van der Waals surface area contributed by atoms with Crippen molar-refractivity contribution in [1.82, 2.24) is 25.0 Å². The standard InChI is InChI=1S/C17H24N6S.HI/c1-3-15-13-22(9-10-24-15)17(18-2)20-12-14-5-7-19-16(11-14)23-8-4-6-21-23;/h4-8,11,15H,3,9-10,12-13H2,1-2H3,(H,18,20);1H. The molecule has 0 aliphatic carbocycles. The minimum atomic E-state index is 0. The van der Waals surface area contributed by atoms with E-state index in [-0.39, 0.29) is 24.0 Å². The molecule has 2 aromatic heterocycles. The summed E-state index contributed by atoms with van der Waals surface area (Å²) in [6.07, 6.45) is 6.68. The number of aliphatic imine (C=N–C) groups is 1. The fourth-order valence-electron chi connectivity index (χ4n) is 2.77. The molecule has 1 aliphatic rings. The normalized spacial score (nSPS) is 17.9. The van der Waals surface area contributed by atoms with Crippen LogP contribution >= 0.6 is 35.7 Å². The number of thioether (sulfide) groups is 1. The molecule has 6 nitrogen and oxygen atoms in total. The van der Waals surface area contributed by atoms with E-state index in [9.17, 15) is 0 Å². The molecule has 1 saturated heterocycles. The summed E-state index contributed by atoms with van der Waals surface area (Å²) in [6.45, 7) is 5.10. The Kier molecular flexibility index (Phi) is 8.01. The van der Waals surface area contributed by atoms with E-state index in [0.29, 0.717) is 5.25 Å². The van der Waals surface area contributed by atoms with Crippen molar-refractivity contribution in [3.05, 3.63) is 42.4 Å². The first kappa shape index (κ1) is 20.0. The summed E-state index contributed by atoms with van der Waals surface area (Å²) in [7, 11) is 1.85. The highest BCUT2D eigenvalue weighted by Crippen LogP contribution is 2.21. The Balaban J connectivity index is 0.00000225. The van der Waals surface area contributed by atoms with Crippen LogP contribution in [-0.2, 0) is 6.54 Å². The van der Waals surface area contributed by atoms with Crippen LogP contribution in [0.3, 0.4) is 0 Å². The summed E-state index contributed by atoms with van der Waals surface area (Å²) in [4.78, 5) is 11.2. The SMILES string of the molecule is CCC1CN(C(=NC)NCc2ccnc(-n3cccn3)c2)CCS1.I. The zero-order chi connectivity index (χ0) is 16.8. The van der Waals surface area contributed by atoms with Crippen LogP contribution in [0.5, 0.6) is 0 Å². The molecule has 1 aliphatic heterocycles. The van der Waals surface area contributed by atoms with E-state index in [0.717, 1.165) is 42.7 Å². The lowest BCUT2D eigenvalue weighted by molar-refractivity contribution is 0.408. The quantitative estimate of drug-likeness (QED) is 0.422. The highest BCUT2D eigenvalue weighted by Gasteiger charge is 2.21. The number of pyridine rings is 1. The van der Waals surface area contributed by atoms with Gasteiger partial charge in [0.15, 0.2) is 11.8 Å². The number of halogens is 1. The summed E-state index contributed by atoms with van der Waals surface area (Å²) < 4.78 is 1.77. The molecular weight excluding hydrogens is 447 g/mol. The molecule has 0 bridgehead atoms. The number of hydrogen-bond donors (Lipinski definition) is 1. The smallest absolute Gasteiger partial charge is 0.193 e. The van der Waals surface area contributed by atoms with Crippen molar-refractivity contribution in [2.75, 3.05) is 25.9 Å². The maximum atomic E-state index is 4.46. The van der Waals surface area contributed by atoms with Gasteiger partial charge >= 0.3 is 0 Å². The second kappa shape index (κ2) is 10.0. The van der Waals surface area contributed by atoms with E-state index in [1.807, 2.05) is 37.6 Å². The van der Waals surface area contributed by atoms with Gasteiger partial charge in [-0.3, -0.25) is 4.99 Å². The van der Waals surface area contributed by atoms with Gasteiger partial charge in [-0.2, -0.15) is 16.9 Å². The average Bonchev–Trinajstić information content (AvgIpc) is 3.17.